The molecule has 1 aliphatic heterocycles. The smallest absolute Gasteiger partial charge is 0.261 e. The Morgan fingerprint density at radius 1 is 1.73 bits per heavy atom. The van der Waals surface area contributed by atoms with Gasteiger partial charge >= 0.3 is 0 Å². The molecule has 2 heterocycles. The largest absolute Gasteiger partial charge is 0.347 e. The lowest BCUT2D eigenvalue weighted by Gasteiger charge is -2.10. The van der Waals surface area contributed by atoms with Crippen LogP contribution in [0.5, 0.6) is 0 Å². The molecule has 0 aliphatic carbocycles. The molecular formula is C11H16N2OS. The van der Waals surface area contributed by atoms with Gasteiger partial charge in [0.2, 0.25) is 0 Å². The molecule has 1 fully saturated rings. The average molecular weight is 224 g/mol. The first kappa shape index (κ1) is 10.6. The van der Waals surface area contributed by atoms with Gasteiger partial charge in [0.25, 0.3) is 5.91 Å². The molecule has 3 nitrogen and oxygen atoms in total. The van der Waals surface area contributed by atoms with E-state index in [1.807, 2.05) is 11.4 Å². The first-order valence-electron chi connectivity index (χ1n) is 5.39. The fraction of sp³-hybridized carbons (Fsp3) is 0.545. The lowest BCUT2D eigenvalue weighted by molar-refractivity contribution is 0.0943. The molecule has 15 heavy (non-hydrogen) atoms. The highest BCUT2D eigenvalue weighted by Gasteiger charge is 2.19. The molecule has 2 N–H and O–H groups in total. The summed E-state index contributed by atoms with van der Waals surface area (Å²) < 4.78 is 0. The third-order valence-electron chi connectivity index (χ3n) is 2.73. The van der Waals surface area contributed by atoms with Crippen molar-refractivity contribution in [2.24, 2.45) is 0 Å². The Hall–Kier alpha value is -0.870. The molecule has 0 bridgehead atoms. The van der Waals surface area contributed by atoms with Crippen LogP contribution in [0, 0.1) is 0 Å². The van der Waals surface area contributed by atoms with Crippen LogP contribution >= 0.6 is 11.3 Å². The predicted molar refractivity (Wildman–Crippen MR) is 62.4 cm³/mol. The van der Waals surface area contributed by atoms with E-state index in [0.717, 1.165) is 36.4 Å². The van der Waals surface area contributed by atoms with Gasteiger partial charge in [0, 0.05) is 12.6 Å². The molecule has 1 aromatic rings. The van der Waals surface area contributed by atoms with Gasteiger partial charge in [-0.05, 0) is 36.4 Å². The Kier molecular flexibility index (Phi) is 3.38. The van der Waals surface area contributed by atoms with Crippen molar-refractivity contribution in [3.05, 3.63) is 21.9 Å². The number of thiophene rings is 1. The second-order valence-electron chi connectivity index (χ2n) is 3.79. The minimum absolute atomic E-state index is 0.0931. The van der Waals surface area contributed by atoms with Crippen molar-refractivity contribution in [3.8, 4) is 0 Å². The van der Waals surface area contributed by atoms with Gasteiger partial charge in [-0.25, -0.2) is 0 Å². The standard InChI is InChI=1S/C11H16N2OS/c1-2-8-4-6-15-10(8)11(14)13-9-3-5-12-7-9/h4,6,9,12H,2-3,5,7H2,1H3,(H,13,14)/t9-/m1/s1. The maximum atomic E-state index is 11.9. The lowest BCUT2D eigenvalue weighted by Crippen LogP contribution is -2.36. The highest BCUT2D eigenvalue weighted by Crippen LogP contribution is 2.17. The van der Waals surface area contributed by atoms with Crippen LogP contribution in [0.4, 0.5) is 0 Å². The van der Waals surface area contributed by atoms with Crippen molar-refractivity contribution in [2.45, 2.75) is 25.8 Å². The summed E-state index contributed by atoms with van der Waals surface area (Å²) in [6.45, 7) is 3.99. The lowest BCUT2D eigenvalue weighted by atomic mass is 10.2. The summed E-state index contributed by atoms with van der Waals surface area (Å²) in [5.41, 5.74) is 1.16. The average Bonchev–Trinajstić information content (AvgIpc) is 2.86. The summed E-state index contributed by atoms with van der Waals surface area (Å²) in [6, 6.07) is 2.34. The van der Waals surface area contributed by atoms with E-state index >= 15 is 0 Å². The molecule has 1 aromatic heterocycles. The van der Waals surface area contributed by atoms with Gasteiger partial charge < -0.3 is 10.6 Å². The number of hydrogen-bond acceptors (Lipinski definition) is 3. The maximum absolute atomic E-state index is 11.9. The highest BCUT2D eigenvalue weighted by molar-refractivity contribution is 7.12. The Morgan fingerprint density at radius 2 is 2.60 bits per heavy atom. The van der Waals surface area contributed by atoms with Gasteiger partial charge in [0.05, 0.1) is 4.88 Å². The first-order valence-corrected chi connectivity index (χ1v) is 6.27. The van der Waals surface area contributed by atoms with Crippen LogP contribution < -0.4 is 10.6 Å². The van der Waals surface area contributed by atoms with Gasteiger partial charge in [0.15, 0.2) is 0 Å². The van der Waals surface area contributed by atoms with Gasteiger partial charge in [-0.2, -0.15) is 0 Å². The number of hydrogen-bond donors (Lipinski definition) is 2. The van der Waals surface area contributed by atoms with Gasteiger partial charge in [0.1, 0.15) is 0 Å². The van der Waals surface area contributed by atoms with Gasteiger partial charge in [-0.1, -0.05) is 6.92 Å². The molecule has 4 heteroatoms. The molecule has 0 aromatic carbocycles. The Morgan fingerprint density at radius 3 is 3.27 bits per heavy atom. The monoisotopic (exact) mass is 224 g/mol. The minimum atomic E-state index is 0.0931. The van der Waals surface area contributed by atoms with Gasteiger partial charge in [-0.3, -0.25) is 4.79 Å². The first-order chi connectivity index (χ1) is 7.31. The Balaban J connectivity index is 2.00. The summed E-state index contributed by atoms with van der Waals surface area (Å²) in [7, 11) is 0. The molecule has 1 saturated heterocycles. The summed E-state index contributed by atoms with van der Waals surface area (Å²) in [4.78, 5) is 12.8. The van der Waals surface area contributed by atoms with Crippen molar-refractivity contribution in [1.29, 1.82) is 0 Å². The van der Waals surface area contributed by atoms with Crippen LogP contribution in [0.15, 0.2) is 11.4 Å². The number of carbonyl (C=O) groups excluding carboxylic acids is 1. The van der Waals surface area contributed by atoms with E-state index in [0.29, 0.717) is 6.04 Å². The number of amides is 1. The van der Waals surface area contributed by atoms with Crippen LogP contribution in [0.2, 0.25) is 0 Å². The fourth-order valence-corrected chi connectivity index (χ4v) is 2.74. The van der Waals surface area contributed by atoms with E-state index in [1.54, 1.807) is 0 Å². The van der Waals surface area contributed by atoms with E-state index in [1.165, 1.54) is 11.3 Å². The summed E-state index contributed by atoms with van der Waals surface area (Å²) in [5.74, 6) is 0.0931. The molecule has 1 atom stereocenters. The molecule has 1 amide bonds. The van der Waals surface area contributed by atoms with Crippen LogP contribution in [0.25, 0.3) is 0 Å². The molecular weight excluding hydrogens is 208 g/mol. The topological polar surface area (TPSA) is 41.1 Å². The summed E-state index contributed by atoms with van der Waals surface area (Å²) >= 11 is 1.53. The third-order valence-corrected chi connectivity index (χ3v) is 3.68. The highest BCUT2D eigenvalue weighted by atomic mass is 32.1. The zero-order chi connectivity index (χ0) is 10.7. The van der Waals surface area contributed by atoms with Crippen molar-refractivity contribution < 1.29 is 4.79 Å². The van der Waals surface area contributed by atoms with Gasteiger partial charge in [-0.15, -0.1) is 11.3 Å². The second kappa shape index (κ2) is 4.77. The zero-order valence-electron chi connectivity index (χ0n) is 8.88. The van der Waals surface area contributed by atoms with E-state index in [-0.39, 0.29) is 5.91 Å². The number of rotatable bonds is 3. The SMILES string of the molecule is CCc1ccsc1C(=O)N[C@@H]1CCNC1. The molecule has 1 aliphatic rings. The normalized spacial score (nSPS) is 20.5. The molecule has 0 radical (unpaired) electrons. The molecule has 82 valence electrons. The molecule has 2 rings (SSSR count). The Bertz CT molecular complexity index is 342. The predicted octanol–water partition coefficient (Wildman–Crippen LogP) is 1.40. The van der Waals surface area contributed by atoms with E-state index in [4.69, 9.17) is 0 Å². The second-order valence-corrected chi connectivity index (χ2v) is 4.71. The number of carbonyl (C=O) groups is 1. The third kappa shape index (κ3) is 2.38. The molecule has 0 spiro atoms. The maximum Gasteiger partial charge on any atom is 0.261 e. The number of aryl methyl sites for hydroxylation is 1. The van der Waals surface area contributed by atoms with Crippen molar-refractivity contribution in [3.63, 3.8) is 0 Å². The minimum Gasteiger partial charge on any atom is -0.347 e. The quantitative estimate of drug-likeness (QED) is 0.815. The fourth-order valence-electron chi connectivity index (χ4n) is 1.84. The van der Waals surface area contributed by atoms with E-state index in [2.05, 4.69) is 17.6 Å². The summed E-state index contributed by atoms with van der Waals surface area (Å²) in [6.07, 6.45) is 1.97. The zero-order valence-corrected chi connectivity index (χ0v) is 9.69. The van der Waals surface area contributed by atoms with E-state index in [9.17, 15) is 4.79 Å². The van der Waals surface area contributed by atoms with Crippen molar-refractivity contribution >= 4 is 17.2 Å². The van der Waals surface area contributed by atoms with Crippen LogP contribution in [0.1, 0.15) is 28.6 Å². The molecule has 0 unspecified atom stereocenters. The molecule has 0 saturated carbocycles. The Labute approximate surface area is 93.9 Å². The van der Waals surface area contributed by atoms with Crippen molar-refractivity contribution in [1.82, 2.24) is 10.6 Å². The summed E-state index contributed by atoms with van der Waals surface area (Å²) in [5, 5.41) is 8.29. The van der Waals surface area contributed by atoms with Crippen LogP contribution in [0.3, 0.4) is 0 Å². The van der Waals surface area contributed by atoms with Crippen LogP contribution in [-0.2, 0) is 6.42 Å². The van der Waals surface area contributed by atoms with E-state index < -0.39 is 0 Å². The van der Waals surface area contributed by atoms with Crippen molar-refractivity contribution in [2.75, 3.05) is 13.1 Å². The van der Waals surface area contributed by atoms with Crippen LogP contribution in [-0.4, -0.2) is 25.0 Å². The number of nitrogens with one attached hydrogen (secondary N) is 2.